The summed E-state index contributed by atoms with van der Waals surface area (Å²) in [6.07, 6.45) is 10.1. The molecule has 0 spiro atoms. The predicted molar refractivity (Wildman–Crippen MR) is 83.8 cm³/mol. The molecule has 1 aromatic rings. The van der Waals surface area contributed by atoms with Gasteiger partial charge in [0.1, 0.15) is 0 Å². The van der Waals surface area contributed by atoms with E-state index in [0.717, 1.165) is 38.6 Å². The highest BCUT2D eigenvalue weighted by molar-refractivity contribution is 7.98. The number of imidazole rings is 1. The maximum Gasteiger partial charge on any atom is 0.191 e. The molecule has 0 aliphatic carbocycles. The number of aromatic nitrogens is 2. The fraction of sp³-hybridized carbons (Fsp3) is 0.692. The number of unbranched alkanes of at least 4 members (excludes halogenated alkanes) is 1. The highest BCUT2D eigenvalue weighted by Crippen LogP contribution is 1.98. The standard InChI is InChI=1S/C13H25N5S/c1-3-15-13(16-6-4-5-11-19-2)17-8-10-18-9-7-14-12-18/h7,9,12H,3-6,8,10-11H2,1-2H3,(H2,15,16,17). The molecule has 1 aromatic heterocycles. The Balaban J connectivity index is 2.20. The van der Waals surface area contributed by atoms with Crippen molar-refractivity contribution < 1.29 is 0 Å². The van der Waals surface area contributed by atoms with Crippen molar-refractivity contribution in [1.29, 1.82) is 0 Å². The topological polar surface area (TPSA) is 54.2 Å². The zero-order chi connectivity index (χ0) is 13.8. The summed E-state index contributed by atoms with van der Waals surface area (Å²) >= 11 is 1.89. The number of nitrogens with one attached hydrogen (secondary N) is 2. The predicted octanol–water partition coefficient (Wildman–Crippen LogP) is 1.58. The summed E-state index contributed by atoms with van der Waals surface area (Å²) in [6.45, 7) is 5.62. The Morgan fingerprint density at radius 1 is 1.37 bits per heavy atom. The van der Waals surface area contributed by atoms with E-state index in [1.54, 1.807) is 6.20 Å². The Morgan fingerprint density at radius 2 is 2.26 bits per heavy atom. The van der Waals surface area contributed by atoms with E-state index in [1.807, 2.05) is 24.3 Å². The molecule has 0 saturated carbocycles. The van der Waals surface area contributed by atoms with Crippen molar-refractivity contribution in [3.05, 3.63) is 18.7 Å². The lowest BCUT2D eigenvalue weighted by molar-refractivity contribution is 0.660. The SMILES string of the molecule is CCNC(=NCCCCSC)NCCn1ccnc1. The van der Waals surface area contributed by atoms with E-state index in [4.69, 9.17) is 0 Å². The molecule has 0 aliphatic rings. The molecule has 0 unspecified atom stereocenters. The van der Waals surface area contributed by atoms with Crippen molar-refractivity contribution in [2.24, 2.45) is 4.99 Å². The van der Waals surface area contributed by atoms with Gasteiger partial charge in [-0.2, -0.15) is 11.8 Å². The summed E-state index contributed by atoms with van der Waals surface area (Å²) in [5.74, 6) is 2.13. The molecule has 0 atom stereocenters. The van der Waals surface area contributed by atoms with Crippen LogP contribution in [0.2, 0.25) is 0 Å². The molecular weight excluding hydrogens is 258 g/mol. The smallest absolute Gasteiger partial charge is 0.191 e. The summed E-state index contributed by atoms with van der Waals surface area (Å²) in [7, 11) is 0. The minimum atomic E-state index is 0.854. The van der Waals surface area contributed by atoms with Gasteiger partial charge in [-0.05, 0) is 31.8 Å². The molecule has 19 heavy (non-hydrogen) atoms. The highest BCUT2D eigenvalue weighted by atomic mass is 32.2. The van der Waals surface area contributed by atoms with Gasteiger partial charge in [0.15, 0.2) is 5.96 Å². The zero-order valence-electron chi connectivity index (χ0n) is 11.9. The first-order valence-electron chi connectivity index (χ1n) is 6.83. The van der Waals surface area contributed by atoms with Crippen LogP contribution in [0.15, 0.2) is 23.7 Å². The van der Waals surface area contributed by atoms with Crippen LogP contribution in [-0.2, 0) is 6.54 Å². The third-order valence-electron chi connectivity index (χ3n) is 2.59. The molecule has 0 fully saturated rings. The third kappa shape index (κ3) is 7.77. The van der Waals surface area contributed by atoms with Gasteiger partial charge in [0.2, 0.25) is 0 Å². The number of rotatable bonds is 9. The van der Waals surface area contributed by atoms with Gasteiger partial charge in [-0.25, -0.2) is 4.98 Å². The molecule has 0 amide bonds. The molecule has 1 rings (SSSR count). The van der Waals surface area contributed by atoms with Gasteiger partial charge < -0.3 is 15.2 Å². The van der Waals surface area contributed by atoms with Crippen LogP contribution in [-0.4, -0.2) is 47.2 Å². The molecular formula is C13H25N5S. The van der Waals surface area contributed by atoms with Crippen LogP contribution in [0.5, 0.6) is 0 Å². The first-order valence-corrected chi connectivity index (χ1v) is 8.23. The molecule has 0 saturated heterocycles. The number of nitrogens with zero attached hydrogens (tertiary/aromatic N) is 3. The number of hydrogen-bond donors (Lipinski definition) is 2. The second kappa shape index (κ2) is 10.7. The van der Waals surface area contributed by atoms with E-state index >= 15 is 0 Å². The quantitative estimate of drug-likeness (QED) is 0.410. The number of thioether (sulfide) groups is 1. The molecule has 0 bridgehead atoms. The Bertz CT molecular complexity index is 337. The van der Waals surface area contributed by atoms with Gasteiger partial charge in [0, 0.05) is 38.6 Å². The fourth-order valence-electron chi connectivity index (χ4n) is 1.61. The van der Waals surface area contributed by atoms with E-state index in [-0.39, 0.29) is 0 Å². The Labute approximate surface area is 120 Å². The van der Waals surface area contributed by atoms with Crippen molar-refractivity contribution in [1.82, 2.24) is 20.2 Å². The normalized spacial score (nSPS) is 11.6. The van der Waals surface area contributed by atoms with Crippen LogP contribution in [0.1, 0.15) is 19.8 Å². The molecule has 1 heterocycles. The van der Waals surface area contributed by atoms with Crippen molar-refractivity contribution >= 4 is 17.7 Å². The molecule has 5 nitrogen and oxygen atoms in total. The van der Waals surface area contributed by atoms with E-state index in [2.05, 4.69) is 38.4 Å². The Morgan fingerprint density at radius 3 is 2.95 bits per heavy atom. The van der Waals surface area contributed by atoms with Crippen LogP contribution < -0.4 is 10.6 Å². The van der Waals surface area contributed by atoms with Crippen LogP contribution in [0.3, 0.4) is 0 Å². The molecule has 0 aromatic carbocycles. The first kappa shape index (κ1) is 15.9. The van der Waals surface area contributed by atoms with Crippen LogP contribution in [0.4, 0.5) is 0 Å². The number of guanidine groups is 1. The highest BCUT2D eigenvalue weighted by Gasteiger charge is 1.96. The lowest BCUT2D eigenvalue weighted by atomic mass is 10.3. The van der Waals surface area contributed by atoms with Gasteiger partial charge in [-0.3, -0.25) is 4.99 Å². The first-order chi connectivity index (χ1) is 9.36. The van der Waals surface area contributed by atoms with Crippen LogP contribution in [0, 0.1) is 0 Å². The maximum atomic E-state index is 4.56. The molecule has 0 radical (unpaired) electrons. The molecule has 108 valence electrons. The Hall–Kier alpha value is -1.17. The molecule has 0 aliphatic heterocycles. The average molecular weight is 283 g/mol. The average Bonchev–Trinajstić information content (AvgIpc) is 2.91. The van der Waals surface area contributed by atoms with Crippen molar-refractivity contribution in [2.45, 2.75) is 26.3 Å². The minimum Gasteiger partial charge on any atom is -0.357 e. The van der Waals surface area contributed by atoms with E-state index in [0.29, 0.717) is 0 Å². The fourth-order valence-corrected chi connectivity index (χ4v) is 2.11. The monoisotopic (exact) mass is 283 g/mol. The summed E-state index contributed by atoms with van der Waals surface area (Å²) in [5, 5.41) is 6.60. The zero-order valence-corrected chi connectivity index (χ0v) is 12.7. The van der Waals surface area contributed by atoms with Crippen LogP contribution >= 0.6 is 11.8 Å². The van der Waals surface area contributed by atoms with Crippen molar-refractivity contribution in [3.63, 3.8) is 0 Å². The van der Waals surface area contributed by atoms with Gasteiger partial charge in [-0.1, -0.05) is 0 Å². The van der Waals surface area contributed by atoms with E-state index < -0.39 is 0 Å². The van der Waals surface area contributed by atoms with Gasteiger partial charge in [0.05, 0.1) is 6.33 Å². The van der Waals surface area contributed by atoms with Gasteiger partial charge in [-0.15, -0.1) is 0 Å². The summed E-state index contributed by atoms with van der Waals surface area (Å²) in [4.78, 5) is 8.59. The maximum absolute atomic E-state index is 4.56. The lowest BCUT2D eigenvalue weighted by Gasteiger charge is -2.11. The second-order valence-electron chi connectivity index (χ2n) is 4.19. The largest absolute Gasteiger partial charge is 0.357 e. The van der Waals surface area contributed by atoms with Crippen molar-refractivity contribution in [3.8, 4) is 0 Å². The lowest BCUT2D eigenvalue weighted by Crippen LogP contribution is -2.38. The number of aliphatic imine (C=N–C) groups is 1. The minimum absolute atomic E-state index is 0.854. The molecule has 2 N–H and O–H groups in total. The van der Waals surface area contributed by atoms with Crippen molar-refractivity contribution in [2.75, 3.05) is 31.6 Å². The second-order valence-corrected chi connectivity index (χ2v) is 5.17. The number of hydrogen-bond acceptors (Lipinski definition) is 3. The van der Waals surface area contributed by atoms with E-state index in [1.165, 1.54) is 12.2 Å². The summed E-state index contributed by atoms with van der Waals surface area (Å²) in [6, 6.07) is 0. The Kier molecular flexibility index (Phi) is 8.97. The summed E-state index contributed by atoms with van der Waals surface area (Å²) in [5.41, 5.74) is 0. The van der Waals surface area contributed by atoms with Gasteiger partial charge in [0.25, 0.3) is 0 Å². The van der Waals surface area contributed by atoms with Gasteiger partial charge >= 0.3 is 0 Å². The third-order valence-corrected chi connectivity index (χ3v) is 3.29. The van der Waals surface area contributed by atoms with E-state index in [9.17, 15) is 0 Å². The van der Waals surface area contributed by atoms with Crippen LogP contribution in [0.25, 0.3) is 0 Å². The molecule has 6 heteroatoms. The summed E-state index contributed by atoms with van der Waals surface area (Å²) < 4.78 is 2.05.